The minimum absolute atomic E-state index is 0.146. The number of nitrogens with zero attached hydrogens (tertiary/aromatic N) is 1. The van der Waals surface area contributed by atoms with E-state index in [0.717, 1.165) is 6.26 Å². The summed E-state index contributed by atoms with van der Waals surface area (Å²) in [5.41, 5.74) is 0.410. The van der Waals surface area contributed by atoms with Crippen molar-refractivity contribution in [2.45, 2.75) is 17.9 Å². The molecule has 0 aliphatic heterocycles. The van der Waals surface area contributed by atoms with Gasteiger partial charge in [-0.25, -0.2) is 13.2 Å². The van der Waals surface area contributed by atoms with Crippen molar-refractivity contribution in [2.75, 3.05) is 11.6 Å². The Bertz CT molecular complexity index is 993. The van der Waals surface area contributed by atoms with Crippen molar-refractivity contribution in [3.8, 4) is 6.07 Å². The topological polar surface area (TPSA) is 113 Å². The molecule has 0 saturated carbocycles. The summed E-state index contributed by atoms with van der Waals surface area (Å²) in [6, 6.07) is 13.9. The monoisotopic (exact) mass is 372 g/mol. The number of nitrogens with one attached hydrogen (secondary N) is 1. The first-order valence-electron chi connectivity index (χ1n) is 7.54. The van der Waals surface area contributed by atoms with Crippen molar-refractivity contribution in [1.29, 1.82) is 5.26 Å². The molecule has 0 fully saturated rings. The fourth-order valence-electron chi connectivity index (χ4n) is 2.16. The van der Waals surface area contributed by atoms with E-state index in [9.17, 15) is 18.0 Å². The predicted octanol–water partition coefficient (Wildman–Crippen LogP) is 2.15. The minimum atomic E-state index is -3.63. The van der Waals surface area contributed by atoms with Crippen LogP contribution in [0.25, 0.3) is 0 Å². The first-order chi connectivity index (χ1) is 12.2. The van der Waals surface area contributed by atoms with E-state index in [1.54, 1.807) is 18.2 Å². The lowest BCUT2D eigenvalue weighted by molar-refractivity contribution is -0.123. The fraction of sp³-hybridized carbons (Fsp3) is 0.167. The molecule has 0 bridgehead atoms. The maximum Gasteiger partial charge on any atom is 0.340 e. The van der Waals surface area contributed by atoms with Crippen LogP contribution in [0.5, 0.6) is 0 Å². The molecule has 0 saturated heterocycles. The van der Waals surface area contributed by atoms with Gasteiger partial charge < -0.3 is 10.1 Å². The number of anilines is 1. The van der Waals surface area contributed by atoms with Gasteiger partial charge in [0.15, 0.2) is 15.9 Å². The van der Waals surface area contributed by atoms with Gasteiger partial charge in [-0.05, 0) is 31.2 Å². The van der Waals surface area contributed by atoms with Gasteiger partial charge in [0.05, 0.1) is 21.7 Å². The number of para-hydroxylation sites is 1. The van der Waals surface area contributed by atoms with Gasteiger partial charge in [-0.2, -0.15) is 5.26 Å². The van der Waals surface area contributed by atoms with Gasteiger partial charge in [-0.3, -0.25) is 4.79 Å². The minimum Gasteiger partial charge on any atom is -0.449 e. The lowest BCUT2D eigenvalue weighted by Crippen LogP contribution is -2.30. The predicted molar refractivity (Wildman–Crippen MR) is 94.2 cm³/mol. The van der Waals surface area contributed by atoms with Crippen LogP contribution >= 0.6 is 0 Å². The summed E-state index contributed by atoms with van der Waals surface area (Å²) in [5, 5.41) is 11.5. The summed E-state index contributed by atoms with van der Waals surface area (Å²) < 4.78 is 28.6. The molecule has 0 heterocycles. The van der Waals surface area contributed by atoms with Crippen LogP contribution < -0.4 is 5.32 Å². The summed E-state index contributed by atoms with van der Waals surface area (Å²) in [7, 11) is -3.63. The average Bonchev–Trinajstić information content (AvgIpc) is 2.61. The molecular formula is C18H16N2O5S. The van der Waals surface area contributed by atoms with Gasteiger partial charge in [0.1, 0.15) is 6.07 Å². The largest absolute Gasteiger partial charge is 0.449 e. The van der Waals surface area contributed by atoms with E-state index in [2.05, 4.69) is 5.32 Å². The van der Waals surface area contributed by atoms with Crippen LogP contribution in [0.1, 0.15) is 22.8 Å². The van der Waals surface area contributed by atoms with E-state index in [0.29, 0.717) is 5.69 Å². The van der Waals surface area contributed by atoms with Crippen molar-refractivity contribution in [2.24, 2.45) is 0 Å². The van der Waals surface area contributed by atoms with Gasteiger partial charge >= 0.3 is 5.97 Å². The van der Waals surface area contributed by atoms with Crippen LogP contribution in [0, 0.1) is 11.3 Å². The van der Waals surface area contributed by atoms with Gasteiger partial charge in [-0.1, -0.05) is 24.3 Å². The summed E-state index contributed by atoms with van der Waals surface area (Å²) in [4.78, 5) is 24.3. The molecule has 2 aromatic carbocycles. The summed E-state index contributed by atoms with van der Waals surface area (Å²) in [6.45, 7) is 1.35. The summed E-state index contributed by atoms with van der Waals surface area (Å²) in [5.74, 6) is -1.57. The maximum absolute atomic E-state index is 12.3. The quantitative estimate of drug-likeness (QED) is 0.805. The zero-order valence-corrected chi connectivity index (χ0v) is 14.9. The van der Waals surface area contributed by atoms with Crippen molar-refractivity contribution in [3.63, 3.8) is 0 Å². The van der Waals surface area contributed by atoms with E-state index in [1.165, 1.54) is 37.3 Å². The number of carbonyl (C=O) groups is 2. The van der Waals surface area contributed by atoms with E-state index in [1.807, 2.05) is 6.07 Å². The molecule has 134 valence electrons. The average molecular weight is 372 g/mol. The van der Waals surface area contributed by atoms with Crippen LogP contribution in [0.15, 0.2) is 53.4 Å². The SMILES string of the molecule is C[C@@H](OC(=O)c1ccccc1S(C)(=O)=O)C(=O)Nc1ccccc1C#N. The fourth-order valence-corrected chi connectivity index (χ4v) is 3.04. The number of hydrogen-bond acceptors (Lipinski definition) is 6. The number of hydrogen-bond donors (Lipinski definition) is 1. The number of esters is 1. The molecule has 8 heteroatoms. The number of nitriles is 1. The highest BCUT2D eigenvalue weighted by Crippen LogP contribution is 2.18. The second-order valence-electron chi connectivity index (χ2n) is 5.46. The highest BCUT2D eigenvalue weighted by atomic mass is 32.2. The molecule has 1 atom stereocenters. The smallest absolute Gasteiger partial charge is 0.340 e. The van der Waals surface area contributed by atoms with Crippen LogP contribution in [0.4, 0.5) is 5.69 Å². The van der Waals surface area contributed by atoms with Crippen LogP contribution in [-0.2, 0) is 19.4 Å². The molecule has 7 nitrogen and oxygen atoms in total. The number of rotatable bonds is 5. The number of amides is 1. The third kappa shape index (κ3) is 4.46. The highest BCUT2D eigenvalue weighted by Gasteiger charge is 2.24. The standard InChI is InChI=1S/C18H16N2O5S/c1-12(17(21)20-15-9-5-3-7-13(15)11-19)25-18(22)14-8-4-6-10-16(14)26(2,23)24/h3-10,12H,1-2H3,(H,20,21)/t12-/m1/s1. The van der Waals surface area contributed by atoms with Crippen LogP contribution in [0.3, 0.4) is 0 Å². The molecule has 26 heavy (non-hydrogen) atoms. The molecule has 1 amide bonds. The van der Waals surface area contributed by atoms with Gasteiger partial charge in [0, 0.05) is 6.26 Å². The summed E-state index contributed by atoms with van der Waals surface area (Å²) >= 11 is 0. The molecule has 0 radical (unpaired) electrons. The number of benzene rings is 2. The third-order valence-corrected chi connectivity index (χ3v) is 4.62. The maximum atomic E-state index is 12.3. The Labute approximate surface area is 151 Å². The van der Waals surface area contributed by atoms with Crippen molar-refractivity contribution in [1.82, 2.24) is 0 Å². The van der Waals surface area contributed by atoms with E-state index >= 15 is 0 Å². The Morgan fingerprint density at radius 2 is 1.73 bits per heavy atom. The Kier molecular flexibility index (Phi) is 5.75. The Morgan fingerprint density at radius 1 is 1.12 bits per heavy atom. The number of ether oxygens (including phenoxy) is 1. The van der Waals surface area contributed by atoms with E-state index in [-0.39, 0.29) is 16.0 Å². The van der Waals surface area contributed by atoms with Crippen molar-refractivity contribution >= 4 is 27.4 Å². The Balaban J connectivity index is 2.15. The zero-order chi connectivity index (χ0) is 19.3. The molecule has 0 aliphatic rings. The zero-order valence-electron chi connectivity index (χ0n) is 14.1. The molecule has 0 aromatic heterocycles. The first kappa shape index (κ1) is 19.1. The van der Waals surface area contributed by atoms with E-state index < -0.39 is 27.8 Å². The molecule has 0 unspecified atom stereocenters. The van der Waals surface area contributed by atoms with Gasteiger partial charge in [0.25, 0.3) is 5.91 Å². The molecule has 2 aromatic rings. The Hall–Kier alpha value is -3.18. The highest BCUT2D eigenvalue weighted by molar-refractivity contribution is 7.90. The second kappa shape index (κ2) is 7.80. The number of carbonyl (C=O) groups excluding carboxylic acids is 2. The third-order valence-electron chi connectivity index (χ3n) is 3.46. The Morgan fingerprint density at radius 3 is 2.38 bits per heavy atom. The molecule has 1 N–H and O–H groups in total. The van der Waals surface area contributed by atoms with E-state index in [4.69, 9.17) is 10.00 Å². The van der Waals surface area contributed by atoms with Crippen molar-refractivity contribution in [3.05, 3.63) is 59.7 Å². The first-order valence-corrected chi connectivity index (χ1v) is 9.43. The molecule has 2 rings (SSSR count). The lowest BCUT2D eigenvalue weighted by Gasteiger charge is -2.15. The normalized spacial score (nSPS) is 11.9. The van der Waals surface area contributed by atoms with Gasteiger partial charge in [-0.15, -0.1) is 0 Å². The molecule has 0 aliphatic carbocycles. The van der Waals surface area contributed by atoms with Crippen molar-refractivity contribution < 1.29 is 22.7 Å². The lowest BCUT2D eigenvalue weighted by atomic mass is 10.2. The summed E-state index contributed by atoms with van der Waals surface area (Å²) in [6.07, 6.45) is -0.212. The van der Waals surface area contributed by atoms with Gasteiger partial charge in [0.2, 0.25) is 0 Å². The van der Waals surface area contributed by atoms with Crippen LogP contribution in [0.2, 0.25) is 0 Å². The van der Waals surface area contributed by atoms with Crippen LogP contribution in [-0.4, -0.2) is 32.7 Å². The second-order valence-corrected chi connectivity index (χ2v) is 7.45. The molecule has 0 spiro atoms. The number of sulfone groups is 1. The molecular weight excluding hydrogens is 356 g/mol.